The zero-order valence-electron chi connectivity index (χ0n) is 19.7. The van der Waals surface area contributed by atoms with Gasteiger partial charge in [-0.1, -0.05) is 6.42 Å². The van der Waals surface area contributed by atoms with Crippen LogP contribution in [0.4, 0.5) is 0 Å². The van der Waals surface area contributed by atoms with Crippen LogP contribution in [-0.2, 0) is 22.7 Å². The van der Waals surface area contributed by atoms with Crippen molar-refractivity contribution < 1.29 is 19.1 Å². The van der Waals surface area contributed by atoms with Gasteiger partial charge in [0.1, 0.15) is 12.4 Å². The molecule has 34 heavy (non-hydrogen) atoms. The summed E-state index contributed by atoms with van der Waals surface area (Å²) in [4.78, 5) is 45.9. The van der Waals surface area contributed by atoms with Crippen molar-refractivity contribution in [3.63, 3.8) is 0 Å². The lowest BCUT2D eigenvalue weighted by molar-refractivity contribution is -0.163. The molecule has 1 aromatic carbocycles. The van der Waals surface area contributed by atoms with E-state index < -0.39 is 0 Å². The van der Waals surface area contributed by atoms with Gasteiger partial charge in [-0.05, 0) is 63.4 Å². The SMILES string of the molecule is Cc1nc(C)c(CN2CCCCC2COc2ccc3c(c2)CN(N2C(=O)CCCC2=O)C3=O)s1. The monoisotopic (exact) mass is 482 g/mol. The third kappa shape index (κ3) is 4.46. The molecule has 2 aromatic rings. The minimum atomic E-state index is -0.308. The fourth-order valence-corrected chi connectivity index (χ4v) is 6.06. The maximum Gasteiger partial charge on any atom is 0.273 e. The summed E-state index contributed by atoms with van der Waals surface area (Å²) in [6.07, 6.45) is 4.60. The van der Waals surface area contributed by atoms with E-state index >= 15 is 0 Å². The van der Waals surface area contributed by atoms with Crippen LogP contribution in [0.15, 0.2) is 18.2 Å². The number of piperidine rings is 2. The molecule has 0 aliphatic carbocycles. The molecule has 0 radical (unpaired) electrons. The summed E-state index contributed by atoms with van der Waals surface area (Å²) in [6, 6.07) is 5.75. The molecule has 1 aromatic heterocycles. The molecule has 2 fully saturated rings. The summed E-state index contributed by atoms with van der Waals surface area (Å²) in [6.45, 7) is 6.87. The smallest absolute Gasteiger partial charge is 0.273 e. The van der Waals surface area contributed by atoms with Gasteiger partial charge >= 0.3 is 0 Å². The third-order valence-electron chi connectivity index (χ3n) is 6.89. The molecule has 1 unspecified atom stereocenters. The van der Waals surface area contributed by atoms with Crippen molar-refractivity contribution in [2.75, 3.05) is 13.2 Å². The van der Waals surface area contributed by atoms with Gasteiger partial charge in [-0.3, -0.25) is 19.3 Å². The standard InChI is InChI=1S/C25H30N4O4S/c1-16-22(34-17(2)26-16)14-27-11-4-3-6-19(27)15-33-20-9-10-21-18(12-20)13-28(25(21)32)29-23(30)7-5-8-24(29)31/h9-10,12,19H,3-8,11,13-15H2,1-2H3. The number of nitrogens with zero attached hydrogens (tertiary/aromatic N) is 4. The number of aromatic nitrogens is 1. The first-order valence-electron chi connectivity index (χ1n) is 12.0. The van der Waals surface area contributed by atoms with E-state index in [4.69, 9.17) is 4.74 Å². The molecule has 5 rings (SSSR count). The Morgan fingerprint density at radius 3 is 2.62 bits per heavy atom. The Balaban J connectivity index is 1.25. The summed E-state index contributed by atoms with van der Waals surface area (Å²) in [5.74, 6) is -0.214. The number of hydrazine groups is 1. The van der Waals surface area contributed by atoms with Crippen molar-refractivity contribution in [1.82, 2.24) is 19.9 Å². The number of likely N-dealkylation sites (tertiary alicyclic amines) is 1. The number of rotatable bonds is 6. The van der Waals surface area contributed by atoms with Crippen LogP contribution < -0.4 is 4.74 Å². The third-order valence-corrected chi connectivity index (χ3v) is 7.95. The molecule has 3 amide bonds. The number of carbonyl (C=O) groups excluding carboxylic acids is 3. The first-order valence-corrected chi connectivity index (χ1v) is 12.8. The molecule has 9 heteroatoms. The van der Waals surface area contributed by atoms with Gasteiger partial charge in [0.15, 0.2) is 0 Å². The fourth-order valence-electron chi connectivity index (χ4n) is 5.10. The van der Waals surface area contributed by atoms with Gasteiger partial charge in [0, 0.05) is 35.9 Å². The first kappa shape index (κ1) is 23.0. The first-order chi connectivity index (χ1) is 16.4. The number of hydrogen-bond donors (Lipinski definition) is 0. The average molecular weight is 483 g/mol. The van der Waals surface area contributed by atoms with E-state index in [1.54, 1.807) is 17.4 Å². The second-order valence-corrected chi connectivity index (χ2v) is 10.6. The van der Waals surface area contributed by atoms with Gasteiger partial charge < -0.3 is 4.74 Å². The lowest BCUT2D eigenvalue weighted by atomic mass is 10.0. The second-order valence-electron chi connectivity index (χ2n) is 9.31. The highest BCUT2D eigenvalue weighted by Gasteiger charge is 2.39. The van der Waals surface area contributed by atoms with Crippen LogP contribution in [0.5, 0.6) is 5.75 Å². The molecule has 0 saturated carbocycles. The number of aryl methyl sites for hydroxylation is 2. The van der Waals surface area contributed by atoms with E-state index in [1.165, 1.54) is 22.7 Å². The van der Waals surface area contributed by atoms with E-state index in [2.05, 4.69) is 23.7 Å². The maximum atomic E-state index is 12.9. The highest BCUT2D eigenvalue weighted by molar-refractivity contribution is 7.11. The highest BCUT2D eigenvalue weighted by Crippen LogP contribution is 2.31. The van der Waals surface area contributed by atoms with Gasteiger partial charge in [0.25, 0.3) is 5.91 Å². The second kappa shape index (κ2) is 9.46. The van der Waals surface area contributed by atoms with Crippen LogP contribution in [0.1, 0.15) is 70.0 Å². The minimum absolute atomic E-state index is 0.211. The molecular formula is C25H30N4O4S. The molecule has 0 bridgehead atoms. The van der Waals surface area contributed by atoms with Crippen LogP contribution in [0, 0.1) is 13.8 Å². The largest absolute Gasteiger partial charge is 0.492 e. The number of hydrogen-bond acceptors (Lipinski definition) is 7. The summed E-state index contributed by atoms with van der Waals surface area (Å²) in [5.41, 5.74) is 2.42. The molecule has 8 nitrogen and oxygen atoms in total. The molecule has 3 aliphatic rings. The number of amides is 3. The van der Waals surface area contributed by atoms with Gasteiger partial charge in [0.2, 0.25) is 11.8 Å². The average Bonchev–Trinajstić information content (AvgIpc) is 3.30. The van der Waals surface area contributed by atoms with Crippen molar-refractivity contribution in [3.05, 3.63) is 44.9 Å². The van der Waals surface area contributed by atoms with Gasteiger partial charge in [-0.25, -0.2) is 9.99 Å². The number of fused-ring (bicyclic) bond motifs is 1. The Kier molecular flexibility index (Phi) is 6.40. The number of benzene rings is 1. The fraction of sp³-hybridized carbons (Fsp3) is 0.520. The van der Waals surface area contributed by atoms with E-state index in [9.17, 15) is 14.4 Å². The van der Waals surface area contributed by atoms with Gasteiger partial charge in [-0.2, -0.15) is 5.01 Å². The number of imide groups is 1. The van der Waals surface area contributed by atoms with Gasteiger partial charge in [-0.15, -0.1) is 11.3 Å². The van der Waals surface area contributed by atoms with Crippen LogP contribution in [0.25, 0.3) is 0 Å². The lowest BCUT2D eigenvalue weighted by Crippen LogP contribution is -2.51. The molecular weight excluding hydrogens is 452 g/mol. The van der Waals surface area contributed by atoms with Crippen molar-refractivity contribution in [2.45, 2.75) is 71.5 Å². The zero-order chi connectivity index (χ0) is 23.8. The molecule has 180 valence electrons. The topological polar surface area (TPSA) is 83.1 Å². The summed E-state index contributed by atoms with van der Waals surface area (Å²) >= 11 is 1.77. The predicted octanol–water partition coefficient (Wildman–Crippen LogP) is 3.60. The molecule has 2 saturated heterocycles. The molecule has 0 spiro atoms. The number of thiazole rings is 1. The van der Waals surface area contributed by atoms with E-state index in [0.29, 0.717) is 43.2 Å². The van der Waals surface area contributed by atoms with E-state index in [0.717, 1.165) is 40.8 Å². The van der Waals surface area contributed by atoms with E-state index in [1.807, 2.05) is 12.1 Å². The molecule has 0 N–H and O–H groups in total. The van der Waals surface area contributed by atoms with Crippen molar-refractivity contribution >= 4 is 29.1 Å². The highest BCUT2D eigenvalue weighted by atomic mass is 32.1. The zero-order valence-corrected chi connectivity index (χ0v) is 20.5. The summed E-state index contributed by atoms with van der Waals surface area (Å²) < 4.78 is 6.20. The predicted molar refractivity (Wildman–Crippen MR) is 127 cm³/mol. The Morgan fingerprint density at radius 2 is 1.88 bits per heavy atom. The van der Waals surface area contributed by atoms with Crippen molar-refractivity contribution in [1.29, 1.82) is 0 Å². The lowest BCUT2D eigenvalue weighted by Gasteiger charge is -2.35. The Morgan fingerprint density at radius 1 is 1.09 bits per heavy atom. The summed E-state index contributed by atoms with van der Waals surface area (Å²) in [7, 11) is 0. The Hall–Kier alpha value is -2.78. The minimum Gasteiger partial charge on any atom is -0.492 e. The van der Waals surface area contributed by atoms with Crippen molar-refractivity contribution in [2.24, 2.45) is 0 Å². The molecule has 3 aliphatic heterocycles. The van der Waals surface area contributed by atoms with Crippen LogP contribution >= 0.6 is 11.3 Å². The van der Waals surface area contributed by atoms with Crippen LogP contribution in [0.2, 0.25) is 0 Å². The number of carbonyl (C=O) groups is 3. The Bertz CT molecular complexity index is 1110. The van der Waals surface area contributed by atoms with E-state index in [-0.39, 0.29) is 24.3 Å². The normalized spacial score (nSPS) is 21.4. The van der Waals surface area contributed by atoms with Gasteiger partial charge in [0.05, 0.1) is 17.2 Å². The quantitative estimate of drug-likeness (QED) is 0.585. The Labute approximate surface area is 203 Å². The molecule has 4 heterocycles. The number of ether oxygens (including phenoxy) is 1. The maximum absolute atomic E-state index is 12.9. The van der Waals surface area contributed by atoms with Crippen LogP contribution in [0.3, 0.4) is 0 Å². The molecule has 1 atom stereocenters. The summed E-state index contributed by atoms with van der Waals surface area (Å²) in [5, 5.41) is 3.42. The van der Waals surface area contributed by atoms with Crippen LogP contribution in [-0.4, -0.2) is 56.8 Å². The van der Waals surface area contributed by atoms with Crippen molar-refractivity contribution in [3.8, 4) is 5.75 Å².